The molecule has 4 rings (SSSR count). The quantitative estimate of drug-likeness (QED) is 0.607. The molecule has 1 fully saturated rings. The number of piperazine rings is 1. The van der Waals surface area contributed by atoms with Crippen molar-refractivity contribution in [2.24, 2.45) is 5.92 Å². The van der Waals surface area contributed by atoms with Gasteiger partial charge in [-0.15, -0.1) is 11.3 Å². The van der Waals surface area contributed by atoms with E-state index in [-0.39, 0.29) is 18.4 Å². The van der Waals surface area contributed by atoms with Crippen molar-refractivity contribution in [2.45, 2.75) is 26.2 Å². The molecule has 32 heavy (non-hydrogen) atoms. The van der Waals surface area contributed by atoms with Crippen LogP contribution in [0, 0.1) is 5.92 Å². The molecule has 0 spiro atoms. The second kappa shape index (κ2) is 10.00. The zero-order valence-corrected chi connectivity index (χ0v) is 20.6. The van der Waals surface area contributed by atoms with Gasteiger partial charge in [0.2, 0.25) is 5.91 Å². The molecule has 2 aliphatic rings. The molecule has 0 bridgehead atoms. The minimum atomic E-state index is -0.373. The summed E-state index contributed by atoms with van der Waals surface area (Å²) in [6.07, 6.45) is 2.84. The summed E-state index contributed by atoms with van der Waals surface area (Å²) >= 11 is 13.7. The Kier molecular flexibility index (Phi) is 7.30. The van der Waals surface area contributed by atoms with Gasteiger partial charge in [-0.25, -0.2) is 4.79 Å². The molecule has 1 aromatic carbocycles. The second-order valence-electron chi connectivity index (χ2n) is 8.46. The molecule has 2 aromatic rings. The van der Waals surface area contributed by atoms with Gasteiger partial charge in [-0.1, -0.05) is 30.1 Å². The van der Waals surface area contributed by atoms with Crippen LogP contribution in [0.3, 0.4) is 0 Å². The van der Waals surface area contributed by atoms with Gasteiger partial charge in [0.1, 0.15) is 5.00 Å². The molecule has 6 nitrogen and oxygen atoms in total. The minimum Gasteiger partial charge on any atom is -0.465 e. The van der Waals surface area contributed by atoms with Crippen molar-refractivity contribution in [3.05, 3.63) is 44.2 Å². The van der Waals surface area contributed by atoms with Crippen LogP contribution in [0.5, 0.6) is 0 Å². The van der Waals surface area contributed by atoms with Crippen LogP contribution in [0.1, 0.15) is 34.1 Å². The lowest BCUT2D eigenvalue weighted by Crippen LogP contribution is -2.48. The summed E-state index contributed by atoms with van der Waals surface area (Å²) in [5, 5.41) is 4.70. The molecule has 1 aliphatic carbocycles. The average Bonchev–Trinajstić information content (AvgIpc) is 3.12. The number of esters is 1. The predicted molar refractivity (Wildman–Crippen MR) is 131 cm³/mol. The molecule has 1 unspecified atom stereocenters. The van der Waals surface area contributed by atoms with Crippen molar-refractivity contribution in [1.29, 1.82) is 0 Å². The number of carbonyl (C=O) groups excluding carboxylic acids is 2. The highest BCUT2D eigenvalue weighted by Gasteiger charge is 2.29. The first-order chi connectivity index (χ1) is 15.4. The van der Waals surface area contributed by atoms with Gasteiger partial charge in [-0.2, -0.15) is 0 Å². The number of methoxy groups -OCH3 is 1. The molecule has 1 atom stereocenters. The maximum absolute atomic E-state index is 12.8. The smallest absolute Gasteiger partial charge is 0.341 e. The molecule has 1 saturated heterocycles. The van der Waals surface area contributed by atoms with Gasteiger partial charge in [-0.3, -0.25) is 9.69 Å². The fraction of sp³-hybridized carbons (Fsp3) is 0.478. The third-order valence-electron chi connectivity index (χ3n) is 6.16. The highest BCUT2D eigenvalue weighted by molar-refractivity contribution is 7.17. The van der Waals surface area contributed by atoms with E-state index in [1.807, 2.05) is 12.1 Å². The SMILES string of the molecule is COC(=O)c1c(NC(=O)CN2CCN(c3ccc(Cl)c(Cl)c3)CC2)sc2c1CCC(C)C2. The van der Waals surface area contributed by atoms with E-state index in [2.05, 4.69) is 22.0 Å². The topological polar surface area (TPSA) is 61.9 Å². The van der Waals surface area contributed by atoms with E-state index in [9.17, 15) is 9.59 Å². The number of nitrogens with zero attached hydrogens (tertiary/aromatic N) is 2. The number of hydrogen-bond acceptors (Lipinski definition) is 6. The number of nitrogens with one attached hydrogen (secondary N) is 1. The van der Waals surface area contributed by atoms with E-state index in [1.165, 1.54) is 23.3 Å². The zero-order valence-electron chi connectivity index (χ0n) is 18.2. The van der Waals surface area contributed by atoms with E-state index < -0.39 is 0 Å². The summed E-state index contributed by atoms with van der Waals surface area (Å²) in [5.74, 6) is 0.106. The van der Waals surface area contributed by atoms with E-state index in [1.54, 1.807) is 6.07 Å². The van der Waals surface area contributed by atoms with E-state index >= 15 is 0 Å². The van der Waals surface area contributed by atoms with E-state index in [0.717, 1.165) is 56.7 Å². The van der Waals surface area contributed by atoms with Crippen LogP contribution >= 0.6 is 34.5 Å². The van der Waals surface area contributed by atoms with Crippen molar-refractivity contribution in [3.8, 4) is 0 Å². The summed E-state index contributed by atoms with van der Waals surface area (Å²) in [4.78, 5) is 30.8. The fourth-order valence-corrected chi connectivity index (χ4v) is 6.08. The third-order valence-corrected chi connectivity index (χ3v) is 8.07. The van der Waals surface area contributed by atoms with Gasteiger partial charge >= 0.3 is 5.97 Å². The van der Waals surface area contributed by atoms with Crippen LogP contribution < -0.4 is 10.2 Å². The van der Waals surface area contributed by atoms with Crippen LogP contribution in [0.4, 0.5) is 10.7 Å². The Bertz CT molecular complexity index is 1020. The molecule has 2 heterocycles. The summed E-state index contributed by atoms with van der Waals surface area (Å²) in [6, 6.07) is 5.64. The Morgan fingerprint density at radius 1 is 1.19 bits per heavy atom. The van der Waals surface area contributed by atoms with Crippen LogP contribution in [0.15, 0.2) is 18.2 Å². The van der Waals surface area contributed by atoms with Crippen LogP contribution in [-0.4, -0.2) is 56.6 Å². The molecule has 1 aliphatic heterocycles. The van der Waals surface area contributed by atoms with Crippen molar-refractivity contribution < 1.29 is 14.3 Å². The van der Waals surface area contributed by atoms with Crippen molar-refractivity contribution in [3.63, 3.8) is 0 Å². The van der Waals surface area contributed by atoms with Crippen LogP contribution in [-0.2, 0) is 22.4 Å². The summed E-state index contributed by atoms with van der Waals surface area (Å²) in [6.45, 7) is 5.62. The summed E-state index contributed by atoms with van der Waals surface area (Å²) in [5.41, 5.74) is 2.62. The highest BCUT2D eigenvalue weighted by atomic mass is 35.5. The predicted octanol–water partition coefficient (Wildman–Crippen LogP) is 4.73. The number of benzene rings is 1. The van der Waals surface area contributed by atoms with Gasteiger partial charge in [0, 0.05) is 36.7 Å². The molecular weight excluding hydrogens is 469 g/mol. The molecule has 1 amide bonds. The van der Waals surface area contributed by atoms with Gasteiger partial charge in [0.15, 0.2) is 0 Å². The Hall–Kier alpha value is -1.80. The lowest BCUT2D eigenvalue weighted by Gasteiger charge is -2.35. The lowest BCUT2D eigenvalue weighted by molar-refractivity contribution is -0.117. The fourth-order valence-electron chi connectivity index (χ4n) is 4.37. The van der Waals surface area contributed by atoms with Gasteiger partial charge in [0.05, 0.1) is 29.3 Å². The average molecular weight is 496 g/mol. The van der Waals surface area contributed by atoms with Gasteiger partial charge in [-0.05, 0) is 48.9 Å². The monoisotopic (exact) mass is 495 g/mol. The summed E-state index contributed by atoms with van der Waals surface area (Å²) in [7, 11) is 1.39. The molecule has 0 radical (unpaired) electrons. The first-order valence-corrected chi connectivity index (χ1v) is 12.4. The number of amides is 1. The normalized spacial score (nSPS) is 18.9. The molecule has 172 valence electrons. The Morgan fingerprint density at radius 2 is 1.94 bits per heavy atom. The number of hydrogen-bond donors (Lipinski definition) is 1. The first-order valence-electron chi connectivity index (χ1n) is 10.8. The van der Waals surface area contributed by atoms with E-state index in [0.29, 0.717) is 26.5 Å². The molecule has 9 heteroatoms. The van der Waals surface area contributed by atoms with Crippen molar-refractivity contribution in [1.82, 2.24) is 4.90 Å². The van der Waals surface area contributed by atoms with E-state index in [4.69, 9.17) is 27.9 Å². The highest BCUT2D eigenvalue weighted by Crippen LogP contribution is 2.40. The van der Waals surface area contributed by atoms with Gasteiger partial charge in [0.25, 0.3) is 0 Å². The molecule has 0 saturated carbocycles. The number of carbonyl (C=O) groups is 2. The van der Waals surface area contributed by atoms with Crippen LogP contribution in [0.2, 0.25) is 10.0 Å². The maximum Gasteiger partial charge on any atom is 0.341 e. The molecule has 1 aromatic heterocycles. The molecular formula is C23H27Cl2N3O3S. The number of halogens is 2. The third kappa shape index (κ3) is 5.06. The Balaban J connectivity index is 1.37. The summed E-state index contributed by atoms with van der Waals surface area (Å²) < 4.78 is 5.01. The Labute approximate surface area is 202 Å². The number of fused-ring (bicyclic) bond motifs is 1. The van der Waals surface area contributed by atoms with Crippen molar-refractivity contribution in [2.75, 3.05) is 50.1 Å². The van der Waals surface area contributed by atoms with Crippen LogP contribution in [0.25, 0.3) is 0 Å². The lowest BCUT2D eigenvalue weighted by atomic mass is 9.88. The Morgan fingerprint density at radius 3 is 2.62 bits per heavy atom. The molecule has 1 N–H and O–H groups in total. The number of thiophene rings is 1. The number of ether oxygens (including phenoxy) is 1. The zero-order chi connectivity index (χ0) is 22.8. The van der Waals surface area contributed by atoms with Crippen molar-refractivity contribution >= 4 is 57.1 Å². The first kappa shape index (κ1) is 23.4. The minimum absolute atomic E-state index is 0.107. The van der Waals surface area contributed by atoms with Gasteiger partial charge < -0.3 is 15.0 Å². The standard InChI is InChI=1S/C23H27Cl2N3O3S/c1-14-3-5-16-19(11-14)32-22(21(16)23(30)31-2)26-20(29)13-27-7-9-28(10-8-27)15-4-6-17(24)18(25)12-15/h4,6,12,14H,3,5,7-11,13H2,1-2H3,(H,26,29). The maximum atomic E-state index is 12.8. The number of anilines is 2. The largest absolute Gasteiger partial charge is 0.465 e. The number of rotatable bonds is 5. The second-order valence-corrected chi connectivity index (χ2v) is 10.4.